The van der Waals surface area contributed by atoms with Crippen molar-refractivity contribution in [3.63, 3.8) is 0 Å². The molecule has 32 heavy (non-hydrogen) atoms. The van der Waals surface area contributed by atoms with E-state index in [1.807, 2.05) is 6.07 Å². The van der Waals surface area contributed by atoms with Crippen LogP contribution in [0.1, 0.15) is 68.3 Å². The van der Waals surface area contributed by atoms with Crippen molar-refractivity contribution in [3.05, 3.63) is 36.2 Å². The van der Waals surface area contributed by atoms with E-state index in [0.717, 1.165) is 36.8 Å². The summed E-state index contributed by atoms with van der Waals surface area (Å²) in [4.78, 5) is 29.2. The molecule has 1 aromatic heterocycles. The van der Waals surface area contributed by atoms with E-state index in [0.29, 0.717) is 64.6 Å². The molecule has 180 valence electrons. The lowest BCUT2D eigenvalue weighted by atomic mass is 10.0. The Balaban J connectivity index is 1.98. The summed E-state index contributed by atoms with van der Waals surface area (Å²) >= 11 is 0. The quantitative estimate of drug-likeness (QED) is 0.234. The first-order valence-corrected chi connectivity index (χ1v) is 11.6. The van der Waals surface area contributed by atoms with Crippen LogP contribution in [0.15, 0.2) is 25.0 Å². The standard InChI is InChI=1S/C25H40N2O5/c1-5-9-21(2)23-18-24(20-26-19-23)25(29)10-8-14-32-17-16-31-13-7-6-12-30-15-11-27(4)22(3)28/h18-20H,2,5-17H2,1,3-4H3. The summed E-state index contributed by atoms with van der Waals surface area (Å²) in [7, 11) is 1.77. The van der Waals surface area contributed by atoms with Gasteiger partial charge in [0.2, 0.25) is 5.91 Å². The smallest absolute Gasteiger partial charge is 0.219 e. The number of allylic oxidation sites excluding steroid dienone is 1. The van der Waals surface area contributed by atoms with Gasteiger partial charge in [-0.3, -0.25) is 14.6 Å². The number of pyridine rings is 1. The third-order valence-electron chi connectivity index (χ3n) is 5.02. The molecule has 0 fully saturated rings. The zero-order valence-electron chi connectivity index (χ0n) is 20.1. The molecule has 1 amide bonds. The zero-order valence-corrected chi connectivity index (χ0v) is 20.1. The number of carbonyl (C=O) groups is 2. The number of ether oxygens (including phenoxy) is 3. The molecule has 0 aliphatic rings. The van der Waals surface area contributed by atoms with Crippen LogP contribution in [-0.4, -0.2) is 74.8 Å². The van der Waals surface area contributed by atoms with Gasteiger partial charge in [0.05, 0.1) is 19.8 Å². The molecule has 1 rings (SSSR count). The average molecular weight is 449 g/mol. The minimum atomic E-state index is 0.0484. The number of hydrogen-bond acceptors (Lipinski definition) is 6. The number of amides is 1. The second kappa shape index (κ2) is 17.5. The van der Waals surface area contributed by atoms with Crippen LogP contribution in [0.5, 0.6) is 0 Å². The van der Waals surface area contributed by atoms with Crippen molar-refractivity contribution >= 4 is 17.3 Å². The third kappa shape index (κ3) is 12.7. The van der Waals surface area contributed by atoms with E-state index in [2.05, 4.69) is 18.5 Å². The van der Waals surface area contributed by atoms with Crippen molar-refractivity contribution in [2.45, 2.75) is 52.4 Å². The highest BCUT2D eigenvalue weighted by Crippen LogP contribution is 2.18. The third-order valence-corrected chi connectivity index (χ3v) is 5.02. The molecule has 1 heterocycles. The summed E-state index contributed by atoms with van der Waals surface area (Å²) in [5.74, 6) is 0.131. The Labute approximate surface area is 193 Å². The highest BCUT2D eigenvalue weighted by molar-refractivity contribution is 5.96. The first-order chi connectivity index (χ1) is 15.5. The van der Waals surface area contributed by atoms with Crippen molar-refractivity contribution in [2.24, 2.45) is 0 Å². The molecule has 1 aromatic rings. The van der Waals surface area contributed by atoms with Crippen molar-refractivity contribution in [1.82, 2.24) is 9.88 Å². The number of unbranched alkanes of at least 4 members (excludes halogenated alkanes) is 1. The average Bonchev–Trinajstić information content (AvgIpc) is 2.79. The number of likely N-dealkylation sites (N-methyl/N-ethyl adjacent to an activating group) is 1. The van der Waals surface area contributed by atoms with Crippen LogP contribution < -0.4 is 0 Å². The molecule has 0 bridgehead atoms. The Morgan fingerprint density at radius 3 is 2.12 bits per heavy atom. The Kier molecular flexibility index (Phi) is 15.2. The summed E-state index contributed by atoms with van der Waals surface area (Å²) in [6, 6.07) is 1.89. The molecule has 0 atom stereocenters. The van der Waals surface area contributed by atoms with E-state index in [4.69, 9.17) is 14.2 Å². The van der Waals surface area contributed by atoms with Gasteiger partial charge in [-0.05, 0) is 42.9 Å². The van der Waals surface area contributed by atoms with Gasteiger partial charge in [-0.1, -0.05) is 19.9 Å². The van der Waals surface area contributed by atoms with E-state index in [1.165, 1.54) is 0 Å². The number of aromatic nitrogens is 1. The fraction of sp³-hybridized carbons (Fsp3) is 0.640. The summed E-state index contributed by atoms with van der Waals surface area (Å²) in [6.07, 6.45) is 8.28. The van der Waals surface area contributed by atoms with Crippen LogP contribution >= 0.6 is 0 Å². The molecule has 0 spiro atoms. The van der Waals surface area contributed by atoms with Crippen LogP contribution in [0.3, 0.4) is 0 Å². The largest absolute Gasteiger partial charge is 0.380 e. The van der Waals surface area contributed by atoms with Crippen molar-refractivity contribution in [2.75, 3.05) is 53.2 Å². The number of Topliss-reactive ketones (excluding diaryl/α,β-unsaturated/α-hetero) is 1. The summed E-state index contributed by atoms with van der Waals surface area (Å²) in [6.45, 7) is 11.8. The van der Waals surface area contributed by atoms with E-state index in [1.54, 1.807) is 31.3 Å². The molecule has 7 heteroatoms. The number of nitrogens with zero attached hydrogens (tertiary/aromatic N) is 2. The Morgan fingerprint density at radius 2 is 1.50 bits per heavy atom. The first-order valence-electron chi connectivity index (χ1n) is 11.6. The van der Waals surface area contributed by atoms with Crippen LogP contribution in [0.4, 0.5) is 0 Å². The minimum absolute atomic E-state index is 0.0484. The SMILES string of the molecule is C=C(CCC)c1cncc(C(=O)CCCOCCOCCCCOCCN(C)C(C)=O)c1. The highest BCUT2D eigenvalue weighted by Gasteiger charge is 2.08. The van der Waals surface area contributed by atoms with Gasteiger partial charge < -0.3 is 19.1 Å². The predicted molar refractivity (Wildman–Crippen MR) is 127 cm³/mol. The number of hydrogen-bond donors (Lipinski definition) is 0. The molecule has 0 aliphatic carbocycles. The lowest BCUT2D eigenvalue weighted by Crippen LogP contribution is -2.27. The monoisotopic (exact) mass is 448 g/mol. The maximum atomic E-state index is 12.4. The van der Waals surface area contributed by atoms with Gasteiger partial charge in [-0.15, -0.1) is 0 Å². The lowest BCUT2D eigenvalue weighted by Gasteiger charge is -2.14. The van der Waals surface area contributed by atoms with Crippen LogP contribution in [0.2, 0.25) is 0 Å². The van der Waals surface area contributed by atoms with Gasteiger partial charge in [0.25, 0.3) is 0 Å². The van der Waals surface area contributed by atoms with Crippen molar-refractivity contribution in [1.29, 1.82) is 0 Å². The van der Waals surface area contributed by atoms with Crippen LogP contribution in [0, 0.1) is 0 Å². The molecule has 0 saturated heterocycles. The molecular formula is C25H40N2O5. The van der Waals surface area contributed by atoms with E-state index >= 15 is 0 Å². The highest BCUT2D eigenvalue weighted by atomic mass is 16.5. The maximum absolute atomic E-state index is 12.4. The van der Waals surface area contributed by atoms with E-state index < -0.39 is 0 Å². The summed E-state index contributed by atoms with van der Waals surface area (Å²) < 4.78 is 16.6. The predicted octanol–water partition coefficient (Wildman–Crippen LogP) is 4.17. The second-order valence-electron chi connectivity index (χ2n) is 7.83. The molecule has 0 N–H and O–H groups in total. The summed E-state index contributed by atoms with van der Waals surface area (Å²) in [5.41, 5.74) is 2.60. The van der Waals surface area contributed by atoms with Gasteiger partial charge in [0, 0.05) is 64.7 Å². The van der Waals surface area contributed by atoms with Gasteiger partial charge >= 0.3 is 0 Å². The second-order valence-corrected chi connectivity index (χ2v) is 7.83. The first kappa shape index (κ1) is 27.9. The molecular weight excluding hydrogens is 408 g/mol. The fourth-order valence-corrected chi connectivity index (χ4v) is 2.90. The van der Waals surface area contributed by atoms with Crippen molar-refractivity contribution < 1.29 is 23.8 Å². The van der Waals surface area contributed by atoms with Gasteiger partial charge in [0.1, 0.15) is 0 Å². The van der Waals surface area contributed by atoms with Crippen LogP contribution in [-0.2, 0) is 19.0 Å². The molecule has 0 radical (unpaired) electrons. The molecule has 0 aromatic carbocycles. The van der Waals surface area contributed by atoms with Gasteiger partial charge in [-0.25, -0.2) is 0 Å². The van der Waals surface area contributed by atoms with Gasteiger partial charge in [0.15, 0.2) is 5.78 Å². The number of carbonyl (C=O) groups excluding carboxylic acids is 2. The number of ketones is 1. The number of rotatable bonds is 19. The summed E-state index contributed by atoms with van der Waals surface area (Å²) in [5, 5.41) is 0. The molecule has 7 nitrogen and oxygen atoms in total. The normalized spacial score (nSPS) is 10.8. The van der Waals surface area contributed by atoms with Crippen LogP contribution in [0.25, 0.3) is 5.57 Å². The van der Waals surface area contributed by atoms with E-state index in [-0.39, 0.29) is 11.7 Å². The molecule has 0 unspecified atom stereocenters. The Bertz CT molecular complexity index is 693. The Hall–Kier alpha value is -2.09. The molecule has 0 aliphatic heterocycles. The molecule has 0 saturated carbocycles. The van der Waals surface area contributed by atoms with E-state index in [9.17, 15) is 9.59 Å². The van der Waals surface area contributed by atoms with Crippen molar-refractivity contribution in [3.8, 4) is 0 Å². The minimum Gasteiger partial charge on any atom is -0.380 e. The fourth-order valence-electron chi connectivity index (χ4n) is 2.90. The zero-order chi connectivity index (χ0) is 23.6. The lowest BCUT2D eigenvalue weighted by molar-refractivity contribution is -0.128. The topological polar surface area (TPSA) is 78.0 Å². The Morgan fingerprint density at radius 1 is 0.906 bits per heavy atom. The van der Waals surface area contributed by atoms with Gasteiger partial charge in [-0.2, -0.15) is 0 Å². The maximum Gasteiger partial charge on any atom is 0.219 e.